The van der Waals surface area contributed by atoms with Gasteiger partial charge in [-0.15, -0.1) is 0 Å². The van der Waals surface area contributed by atoms with Crippen molar-refractivity contribution in [1.82, 2.24) is 9.13 Å². The van der Waals surface area contributed by atoms with Gasteiger partial charge in [-0.05, 0) is 31.2 Å². The van der Waals surface area contributed by atoms with E-state index in [1.165, 1.54) is 22.9 Å². The molecule has 0 radical (unpaired) electrons. The minimum Gasteiger partial charge on any atom is -0.299 e. The summed E-state index contributed by atoms with van der Waals surface area (Å²) in [5.74, 6) is -0.409. The summed E-state index contributed by atoms with van der Waals surface area (Å²) < 4.78 is 1.99. The summed E-state index contributed by atoms with van der Waals surface area (Å²) in [4.78, 5) is 36.4. The SMILES string of the molecule is CCn1cc(C#N)c(=O)n(CC(=O)c2ccc(Cl)cc2)c1=O. The summed E-state index contributed by atoms with van der Waals surface area (Å²) >= 11 is 5.75. The minimum atomic E-state index is -0.764. The van der Waals surface area contributed by atoms with E-state index in [2.05, 4.69) is 0 Å². The average Bonchev–Trinajstić information content (AvgIpc) is 2.52. The molecule has 0 amide bonds. The van der Waals surface area contributed by atoms with Crippen molar-refractivity contribution in [3.63, 3.8) is 0 Å². The predicted octanol–water partition coefficient (Wildman–Crippen LogP) is 1.44. The summed E-state index contributed by atoms with van der Waals surface area (Å²) in [6, 6.07) is 7.87. The molecule has 0 fully saturated rings. The van der Waals surface area contributed by atoms with Crippen LogP contribution < -0.4 is 11.2 Å². The van der Waals surface area contributed by atoms with E-state index in [1.54, 1.807) is 25.1 Å². The zero-order valence-electron chi connectivity index (χ0n) is 11.7. The summed E-state index contributed by atoms with van der Waals surface area (Å²) in [5, 5.41) is 9.44. The molecule has 0 bridgehead atoms. The van der Waals surface area contributed by atoms with Crippen LogP contribution in [0.15, 0.2) is 40.1 Å². The van der Waals surface area contributed by atoms with E-state index in [1.807, 2.05) is 0 Å². The second-order valence-electron chi connectivity index (χ2n) is 4.54. The van der Waals surface area contributed by atoms with Gasteiger partial charge in [0.15, 0.2) is 5.78 Å². The minimum absolute atomic E-state index is 0.176. The number of rotatable bonds is 4. The molecule has 0 atom stereocenters. The first-order chi connectivity index (χ1) is 10.5. The molecule has 0 aliphatic carbocycles. The standard InChI is InChI=1S/C15H12ClN3O3/c1-2-18-8-11(7-17)14(21)19(15(18)22)9-13(20)10-3-5-12(16)6-4-10/h3-6,8H,2,9H2,1H3. The fourth-order valence-electron chi connectivity index (χ4n) is 1.97. The molecule has 0 unspecified atom stereocenters. The van der Waals surface area contributed by atoms with Crippen LogP contribution in [0.1, 0.15) is 22.8 Å². The van der Waals surface area contributed by atoms with Gasteiger partial charge in [-0.25, -0.2) is 4.79 Å². The smallest absolute Gasteiger partial charge is 0.299 e. The van der Waals surface area contributed by atoms with E-state index < -0.39 is 23.6 Å². The molecule has 0 spiro atoms. The van der Waals surface area contributed by atoms with Gasteiger partial charge >= 0.3 is 5.69 Å². The van der Waals surface area contributed by atoms with Gasteiger partial charge in [0.1, 0.15) is 11.6 Å². The Labute approximate surface area is 130 Å². The molecule has 7 heteroatoms. The third-order valence-corrected chi connectivity index (χ3v) is 3.42. The maximum Gasteiger partial charge on any atom is 0.331 e. The van der Waals surface area contributed by atoms with E-state index in [-0.39, 0.29) is 5.56 Å². The van der Waals surface area contributed by atoms with E-state index in [4.69, 9.17) is 16.9 Å². The topological polar surface area (TPSA) is 84.9 Å². The lowest BCUT2D eigenvalue weighted by Crippen LogP contribution is -2.42. The third-order valence-electron chi connectivity index (χ3n) is 3.17. The molecule has 1 heterocycles. The van der Waals surface area contributed by atoms with E-state index in [9.17, 15) is 14.4 Å². The van der Waals surface area contributed by atoms with Crippen LogP contribution in [-0.4, -0.2) is 14.9 Å². The van der Waals surface area contributed by atoms with Crippen molar-refractivity contribution in [3.05, 3.63) is 67.4 Å². The van der Waals surface area contributed by atoms with E-state index >= 15 is 0 Å². The van der Waals surface area contributed by atoms with Gasteiger partial charge in [0.05, 0.1) is 6.54 Å². The van der Waals surface area contributed by atoms with Gasteiger partial charge in [-0.3, -0.25) is 18.7 Å². The van der Waals surface area contributed by atoms with Gasteiger partial charge in [-0.1, -0.05) is 11.6 Å². The number of nitriles is 1. The number of Topliss-reactive ketones (excluding diaryl/α,β-unsaturated/α-hetero) is 1. The maximum atomic E-state index is 12.2. The van der Waals surface area contributed by atoms with Crippen LogP contribution in [0.5, 0.6) is 0 Å². The van der Waals surface area contributed by atoms with Gasteiger partial charge in [0, 0.05) is 23.3 Å². The summed E-state index contributed by atoms with van der Waals surface area (Å²) in [6.07, 6.45) is 1.20. The Bertz CT molecular complexity index is 873. The number of nitrogens with zero attached hydrogens (tertiary/aromatic N) is 3. The summed E-state index contributed by atoms with van der Waals surface area (Å²) in [5.41, 5.74) is -1.22. The van der Waals surface area contributed by atoms with Crippen molar-refractivity contribution in [2.24, 2.45) is 0 Å². The Kier molecular flexibility index (Phi) is 4.59. The Morgan fingerprint density at radius 3 is 2.45 bits per heavy atom. The number of aryl methyl sites for hydroxylation is 1. The maximum absolute atomic E-state index is 12.2. The van der Waals surface area contributed by atoms with Crippen LogP contribution in [0, 0.1) is 11.3 Å². The quantitative estimate of drug-likeness (QED) is 0.799. The molecule has 1 aromatic heterocycles. The molecule has 0 saturated heterocycles. The van der Waals surface area contributed by atoms with Crippen LogP contribution in [0.25, 0.3) is 0 Å². The molecule has 0 aliphatic rings. The van der Waals surface area contributed by atoms with Crippen molar-refractivity contribution >= 4 is 17.4 Å². The largest absolute Gasteiger partial charge is 0.331 e. The highest BCUT2D eigenvalue weighted by atomic mass is 35.5. The van der Waals surface area contributed by atoms with Gasteiger partial charge < -0.3 is 0 Å². The summed E-state index contributed by atoms with van der Waals surface area (Å²) in [7, 11) is 0. The van der Waals surface area contributed by atoms with Crippen LogP contribution in [0.2, 0.25) is 5.02 Å². The molecule has 0 aliphatic heterocycles. The Morgan fingerprint density at radius 2 is 1.91 bits per heavy atom. The van der Waals surface area contributed by atoms with Crippen molar-refractivity contribution in [2.75, 3.05) is 0 Å². The van der Waals surface area contributed by atoms with Crippen LogP contribution in [0.3, 0.4) is 0 Å². The number of ketones is 1. The van der Waals surface area contributed by atoms with Crippen molar-refractivity contribution in [2.45, 2.75) is 20.0 Å². The highest BCUT2D eigenvalue weighted by Crippen LogP contribution is 2.10. The Balaban J connectivity index is 2.47. The van der Waals surface area contributed by atoms with Crippen LogP contribution >= 0.6 is 11.6 Å². The van der Waals surface area contributed by atoms with Gasteiger partial charge in [0.2, 0.25) is 0 Å². The average molecular weight is 318 g/mol. The lowest BCUT2D eigenvalue weighted by atomic mass is 10.1. The molecule has 1 aromatic carbocycles. The number of carbonyl (C=O) groups excluding carboxylic acids is 1. The number of aromatic nitrogens is 2. The number of halogens is 1. The lowest BCUT2D eigenvalue weighted by Gasteiger charge is -2.09. The molecule has 2 aromatic rings. The third kappa shape index (κ3) is 3.00. The molecule has 0 saturated carbocycles. The Morgan fingerprint density at radius 1 is 1.27 bits per heavy atom. The van der Waals surface area contributed by atoms with Crippen LogP contribution in [-0.2, 0) is 13.1 Å². The van der Waals surface area contributed by atoms with Crippen molar-refractivity contribution in [3.8, 4) is 6.07 Å². The molecule has 2 rings (SSSR count). The first-order valence-corrected chi connectivity index (χ1v) is 6.89. The molecule has 22 heavy (non-hydrogen) atoms. The monoisotopic (exact) mass is 317 g/mol. The molecule has 112 valence electrons. The zero-order chi connectivity index (χ0) is 16.3. The fourth-order valence-corrected chi connectivity index (χ4v) is 2.09. The van der Waals surface area contributed by atoms with Crippen molar-refractivity contribution in [1.29, 1.82) is 5.26 Å². The van der Waals surface area contributed by atoms with E-state index in [0.29, 0.717) is 17.1 Å². The molecule has 0 N–H and O–H groups in total. The zero-order valence-corrected chi connectivity index (χ0v) is 12.5. The van der Waals surface area contributed by atoms with Crippen molar-refractivity contribution < 1.29 is 4.79 Å². The second-order valence-corrected chi connectivity index (χ2v) is 4.98. The van der Waals surface area contributed by atoms with Gasteiger partial charge in [-0.2, -0.15) is 5.26 Å². The first-order valence-electron chi connectivity index (χ1n) is 6.51. The van der Waals surface area contributed by atoms with E-state index in [0.717, 1.165) is 4.57 Å². The number of hydrogen-bond donors (Lipinski definition) is 0. The lowest BCUT2D eigenvalue weighted by molar-refractivity contribution is 0.0968. The number of benzene rings is 1. The highest BCUT2D eigenvalue weighted by Gasteiger charge is 2.14. The highest BCUT2D eigenvalue weighted by molar-refractivity contribution is 6.30. The molecular formula is C15H12ClN3O3. The molecule has 6 nitrogen and oxygen atoms in total. The molecular weight excluding hydrogens is 306 g/mol. The van der Waals surface area contributed by atoms with Gasteiger partial charge in [0.25, 0.3) is 5.56 Å². The normalized spacial score (nSPS) is 10.2. The van der Waals surface area contributed by atoms with Crippen LogP contribution in [0.4, 0.5) is 0 Å². The predicted molar refractivity (Wildman–Crippen MR) is 81.1 cm³/mol. The summed E-state index contributed by atoms with van der Waals surface area (Å²) in [6.45, 7) is 1.58. The Hall–Kier alpha value is -2.65. The first kappa shape index (κ1) is 15.7. The number of carbonyl (C=O) groups is 1. The second kappa shape index (κ2) is 6.41. The fraction of sp³-hybridized carbons (Fsp3) is 0.200. The number of hydrogen-bond acceptors (Lipinski definition) is 4.